The van der Waals surface area contributed by atoms with Gasteiger partial charge in [-0.25, -0.2) is 0 Å². The molecule has 0 bridgehead atoms. The van der Waals surface area contributed by atoms with Crippen LogP contribution in [0.1, 0.15) is 6.42 Å². The molecule has 1 aliphatic rings. The highest BCUT2D eigenvalue weighted by atomic mass is 28.4. The Morgan fingerprint density at radius 3 is 2.20 bits per heavy atom. The van der Waals surface area contributed by atoms with Gasteiger partial charge in [-0.2, -0.15) is 0 Å². The lowest BCUT2D eigenvalue weighted by atomic mass is 10.4. The van der Waals surface area contributed by atoms with Crippen molar-refractivity contribution >= 4 is 8.56 Å². The molecule has 0 fully saturated rings. The topological polar surface area (TPSA) is 18.5 Å². The maximum Gasteiger partial charge on any atom is 0.341 e. The Morgan fingerprint density at radius 1 is 1.20 bits per heavy atom. The van der Waals surface area contributed by atoms with E-state index in [9.17, 15) is 0 Å². The second kappa shape index (κ2) is 3.32. The number of hydrogen-bond donors (Lipinski definition) is 0. The van der Waals surface area contributed by atoms with E-state index in [2.05, 4.69) is 12.2 Å². The predicted molar refractivity (Wildman–Crippen MR) is 43.1 cm³/mol. The van der Waals surface area contributed by atoms with Crippen LogP contribution >= 0.6 is 0 Å². The Bertz CT molecular complexity index is 130. The highest BCUT2D eigenvalue weighted by Gasteiger charge is 2.34. The summed E-state index contributed by atoms with van der Waals surface area (Å²) >= 11 is 0. The highest BCUT2D eigenvalue weighted by molar-refractivity contribution is 6.68. The summed E-state index contributed by atoms with van der Waals surface area (Å²) < 4.78 is 10.8. The Hall–Kier alpha value is -0.123. The van der Waals surface area contributed by atoms with Crippen LogP contribution in [0.3, 0.4) is 0 Å². The first-order valence-corrected chi connectivity index (χ1v) is 5.81. The summed E-state index contributed by atoms with van der Waals surface area (Å²) in [5.41, 5.74) is 0. The summed E-state index contributed by atoms with van der Waals surface area (Å²) in [4.78, 5) is 0. The minimum absolute atomic E-state index is 1.01. The molecule has 0 saturated carbocycles. The summed E-state index contributed by atoms with van der Waals surface area (Å²) in [5.74, 6) is 0. The first kappa shape index (κ1) is 7.98. The maximum atomic E-state index is 5.39. The molecule has 1 heterocycles. The second-order valence-electron chi connectivity index (χ2n) is 2.53. The van der Waals surface area contributed by atoms with Gasteiger partial charge in [0.05, 0.1) is 0 Å². The third kappa shape index (κ3) is 1.48. The van der Waals surface area contributed by atoms with E-state index in [1.54, 1.807) is 14.2 Å². The normalized spacial score (nSPS) is 23.0. The van der Waals surface area contributed by atoms with Gasteiger partial charge in [-0.1, -0.05) is 12.2 Å². The van der Waals surface area contributed by atoms with Gasteiger partial charge in [-0.15, -0.1) is 0 Å². The largest absolute Gasteiger partial charge is 0.397 e. The summed E-state index contributed by atoms with van der Waals surface area (Å²) in [6.07, 6.45) is 5.49. The third-order valence-electron chi connectivity index (χ3n) is 2.03. The first-order valence-electron chi connectivity index (χ1n) is 3.58. The molecule has 0 saturated heterocycles. The molecule has 0 atom stereocenters. The lowest BCUT2D eigenvalue weighted by Crippen LogP contribution is -2.40. The van der Waals surface area contributed by atoms with Crippen LogP contribution in [0.2, 0.25) is 12.1 Å². The molecule has 0 aliphatic carbocycles. The van der Waals surface area contributed by atoms with E-state index in [-0.39, 0.29) is 0 Å². The Kier molecular flexibility index (Phi) is 2.65. The average molecular weight is 158 g/mol. The van der Waals surface area contributed by atoms with Gasteiger partial charge in [0.1, 0.15) is 0 Å². The van der Waals surface area contributed by atoms with Crippen LogP contribution in [0.25, 0.3) is 0 Å². The van der Waals surface area contributed by atoms with Gasteiger partial charge in [0.25, 0.3) is 0 Å². The van der Waals surface area contributed by atoms with Crippen molar-refractivity contribution in [2.45, 2.75) is 18.5 Å². The molecular weight excluding hydrogens is 144 g/mol. The maximum absolute atomic E-state index is 5.39. The van der Waals surface area contributed by atoms with Gasteiger partial charge in [0, 0.05) is 20.3 Å². The summed E-state index contributed by atoms with van der Waals surface area (Å²) in [5, 5.41) is 0. The lowest BCUT2D eigenvalue weighted by molar-refractivity contribution is 0.244. The first-order chi connectivity index (χ1) is 4.83. The third-order valence-corrected chi connectivity index (χ3v) is 5.43. The van der Waals surface area contributed by atoms with E-state index in [1.807, 2.05) is 0 Å². The minimum atomic E-state index is -1.72. The number of rotatable bonds is 2. The second-order valence-corrected chi connectivity index (χ2v) is 6.08. The van der Waals surface area contributed by atoms with Crippen LogP contribution in [0.4, 0.5) is 0 Å². The van der Waals surface area contributed by atoms with Gasteiger partial charge in [-0.05, 0) is 12.5 Å². The number of allylic oxidation sites excluding steroid dienone is 2. The molecule has 0 radical (unpaired) electrons. The fourth-order valence-electron chi connectivity index (χ4n) is 1.24. The van der Waals surface area contributed by atoms with Crippen molar-refractivity contribution in [1.29, 1.82) is 0 Å². The van der Waals surface area contributed by atoms with Gasteiger partial charge < -0.3 is 8.85 Å². The smallest absolute Gasteiger partial charge is 0.341 e. The molecular formula is C7H14O2Si. The number of hydrogen-bond acceptors (Lipinski definition) is 2. The zero-order valence-electron chi connectivity index (χ0n) is 6.59. The summed E-state index contributed by atoms with van der Waals surface area (Å²) in [6, 6.07) is 2.12. The zero-order chi connectivity index (χ0) is 7.45. The van der Waals surface area contributed by atoms with E-state index in [0.29, 0.717) is 0 Å². The average Bonchev–Trinajstić information content (AvgIpc) is 2.06. The van der Waals surface area contributed by atoms with Gasteiger partial charge in [0.2, 0.25) is 0 Å². The Balaban J connectivity index is 2.55. The SMILES string of the molecule is CO[Si]1(OC)CC=CCC1. The summed E-state index contributed by atoms with van der Waals surface area (Å²) in [7, 11) is 1.80. The standard InChI is InChI=1S/C7H14O2Si/c1-8-10(9-2)6-4-3-5-7-10/h3-4H,5-7H2,1-2H3. The molecule has 0 N–H and O–H groups in total. The molecule has 58 valence electrons. The van der Waals surface area contributed by atoms with Crippen LogP contribution < -0.4 is 0 Å². The van der Waals surface area contributed by atoms with Crippen LogP contribution in [-0.2, 0) is 8.85 Å². The van der Waals surface area contributed by atoms with E-state index in [4.69, 9.17) is 8.85 Å². The molecule has 0 aromatic heterocycles. The van der Waals surface area contributed by atoms with E-state index >= 15 is 0 Å². The molecule has 0 aromatic rings. The predicted octanol–water partition coefficient (Wildman–Crippen LogP) is 1.68. The van der Waals surface area contributed by atoms with Crippen LogP contribution in [0, 0.1) is 0 Å². The monoisotopic (exact) mass is 158 g/mol. The highest BCUT2D eigenvalue weighted by Crippen LogP contribution is 2.24. The van der Waals surface area contributed by atoms with Crippen molar-refractivity contribution in [2.75, 3.05) is 14.2 Å². The molecule has 1 aliphatic heterocycles. The molecule has 3 heteroatoms. The molecule has 1 rings (SSSR count). The molecule has 0 amide bonds. The van der Waals surface area contributed by atoms with Gasteiger partial charge in [-0.3, -0.25) is 0 Å². The molecule has 0 spiro atoms. The minimum Gasteiger partial charge on any atom is -0.397 e. The molecule has 0 aromatic carbocycles. The van der Waals surface area contributed by atoms with Crippen molar-refractivity contribution in [3.63, 3.8) is 0 Å². The zero-order valence-corrected chi connectivity index (χ0v) is 7.59. The van der Waals surface area contributed by atoms with Gasteiger partial charge in [0.15, 0.2) is 0 Å². The summed E-state index contributed by atoms with van der Waals surface area (Å²) in [6.45, 7) is 0. The van der Waals surface area contributed by atoms with Crippen molar-refractivity contribution in [1.82, 2.24) is 0 Å². The van der Waals surface area contributed by atoms with Crippen molar-refractivity contribution in [2.24, 2.45) is 0 Å². The van der Waals surface area contributed by atoms with Crippen LogP contribution in [0.5, 0.6) is 0 Å². The van der Waals surface area contributed by atoms with Crippen LogP contribution in [0.15, 0.2) is 12.2 Å². The lowest BCUT2D eigenvalue weighted by Gasteiger charge is -2.27. The van der Waals surface area contributed by atoms with E-state index in [0.717, 1.165) is 18.5 Å². The Labute approximate surface area is 63.1 Å². The van der Waals surface area contributed by atoms with Crippen molar-refractivity contribution in [3.8, 4) is 0 Å². The molecule has 2 nitrogen and oxygen atoms in total. The fourth-order valence-corrected chi connectivity index (χ4v) is 3.48. The van der Waals surface area contributed by atoms with Crippen LogP contribution in [-0.4, -0.2) is 22.8 Å². The van der Waals surface area contributed by atoms with Crippen molar-refractivity contribution < 1.29 is 8.85 Å². The van der Waals surface area contributed by atoms with Crippen molar-refractivity contribution in [3.05, 3.63) is 12.2 Å². The van der Waals surface area contributed by atoms with E-state index < -0.39 is 8.56 Å². The fraction of sp³-hybridized carbons (Fsp3) is 0.714. The molecule has 10 heavy (non-hydrogen) atoms. The quantitative estimate of drug-likeness (QED) is 0.449. The van der Waals surface area contributed by atoms with E-state index in [1.165, 1.54) is 0 Å². The Morgan fingerprint density at radius 2 is 1.90 bits per heavy atom. The molecule has 0 unspecified atom stereocenters. The van der Waals surface area contributed by atoms with Gasteiger partial charge >= 0.3 is 8.56 Å².